The van der Waals surface area contributed by atoms with E-state index in [0.717, 1.165) is 16.8 Å². The lowest BCUT2D eigenvalue weighted by atomic mass is 9.94. The maximum absolute atomic E-state index is 5.36. The molecule has 1 heterocycles. The Bertz CT molecular complexity index is 533. The summed E-state index contributed by atoms with van der Waals surface area (Å²) in [5, 5.41) is 3.52. The number of hydrogen-bond acceptors (Lipinski definition) is 2. The van der Waals surface area contributed by atoms with E-state index < -0.39 is 0 Å². The molecule has 3 heteroatoms. The largest absolute Gasteiger partial charge is 0.457 e. The molecule has 2 nitrogen and oxygen atoms in total. The number of halogens is 1. The fraction of sp³-hybridized carbons (Fsp3) is 0.333. The van der Waals surface area contributed by atoms with Crippen molar-refractivity contribution in [3.8, 4) is 0 Å². The summed E-state index contributed by atoms with van der Waals surface area (Å²) < 4.78 is 6.16. The van der Waals surface area contributed by atoms with Crippen LogP contribution >= 0.6 is 15.9 Å². The zero-order chi connectivity index (χ0) is 13.1. The molecule has 0 bridgehead atoms. The average molecular weight is 308 g/mol. The molecule has 0 fully saturated rings. The molecule has 0 radical (unpaired) electrons. The van der Waals surface area contributed by atoms with Crippen molar-refractivity contribution in [2.24, 2.45) is 0 Å². The van der Waals surface area contributed by atoms with E-state index in [1.54, 1.807) is 6.26 Å². The molecule has 0 saturated heterocycles. The Kier molecular flexibility index (Phi) is 4.25. The maximum atomic E-state index is 5.36. The van der Waals surface area contributed by atoms with Gasteiger partial charge in [0, 0.05) is 5.56 Å². The number of furan rings is 1. The first-order valence-electron chi connectivity index (χ1n) is 6.17. The molecule has 1 aromatic carbocycles. The van der Waals surface area contributed by atoms with Gasteiger partial charge in [-0.1, -0.05) is 25.1 Å². The Labute approximate surface area is 117 Å². The molecule has 1 N–H and O–H groups in total. The van der Waals surface area contributed by atoms with E-state index >= 15 is 0 Å². The first kappa shape index (κ1) is 13.4. The van der Waals surface area contributed by atoms with Gasteiger partial charge < -0.3 is 9.73 Å². The summed E-state index contributed by atoms with van der Waals surface area (Å²) in [7, 11) is 0. The Morgan fingerprint density at radius 1 is 1.22 bits per heavy atom. The van der Waals surface area contributed by atoms with Crippen LogP contribution in [-0.4, -0.2) is 6.54 Å². The van der Waals surface area contributed by atoms with Crippen LogP contribution in [0.1, 0.15) is 35.2 Å². The predicted molar refractivity (Wildman–Crippen MR) is 77.8 cm³/mol. The standard InChI is InChI=1S/C15H18BrNO/c1-4-17-14(13-8-9-18-15(13)16)12-7-5-6-10(2)11(12)3/h5-9,14,17H,4H2,1-3H3. The minimum atomic E-state index is 0.169. The van der Waals surface area contributed by atoms with Crippen LogP contribution in [0.2, 0.25) is 0 Å². The summed E-state index contributed by atoms with van der Waals surface area (Å²) in [6.45, 7) is 7.34. The minimum Gasteiger partial charge on any atom is -0.457 e. The third-order valence-electron chi connectivity index (χ3n) is 3.32. The molecule has 1 aromatic heterocycles. The summed E-state index contributed by atoms with van der Waals surface area (Å²) in [4.78, 5) is 0. The summed E-state index contributed by atoms with van der Waals surface area (Å²) in [6, 6.07) is 8.61. The average Bonchev–Trinajstić information content (AvgIpc) is 2.76. The van der Waals surface area contributed by atoms with Crippen molar-refractivity contribution < 1.29 is 4.42 Å². The van der Waals surface area contributed by atoms with Gasteiger partial charge in [-0.25, -0.2) is 0 Å². The highest BCUT2D eigenvalue weighted by Crippen LogP contribution is 2.31. The number of benzene rings is 1. The fourth-order valence-corrected chi connectivity index (χ4v) is 2.66. The van der Waals surface area contributed by atoms with E-state index in [1.807, 2.05) is 6.07 Å². The lowest BCUT2D eigenvalue weighted by molar-refractivity contribution is 0.526. The second-order valence-electron chi connectivity index (χ2n) is 4.43. The van der Waals surface area contributed by atoms with Gasteiger partial charge in [0.2, 0.25) is 0 Å². The number of hydrogen-bond donors (Lipinski definition) is 1. The molecule has 0 aliphatic rings. The molecule has 96 valence electrons. The Balaban J connectivity index is 2.48. The van der Waals surface area contributed by atoms with Crippen LogP contribution in [0.15, 0.2) is 39.6 Å². The summed E-state index contributed by atoms with van der Waals surface area (Å²) in [5.74, 6) is 0. The molecule has 0 amide bonds. The zero-order valence-electron chi connectivity index (χ0n) is 11.0. The maximum Gasteiger partial charge on any atom is 0.174 e. The molecule has 0 aliphatic carbocycles. The zero-order valence-corrected chi connectivity index (χ0v) is 12.5. The SMILES string of the molecule is CCNC(c1ccoc1Br)c1cccc(C)c1C. The lowest BCUT2D eigenvalue weighted by Gasteiger charge is -2.20. The summed E-state index contributed by atoms with van der Waals surface area (Å²) in [6.07, 6.45) is 1.72. The van der Waals surface area contributed by atoms with Gasteiger partial charge in [-0.05, 0) is 59.1 Å². The van der Waals surface area contributed by atoms with Crippen LogP contribution in [-0.2, 0) is 0 Å². The molecular formula is C15H18BrNO. The molecule has 0 saturated carbocycles. The molecule has 1 unspecified atom stereocenters. The molecule has 2 rings (SSSR count). The molecule has 0 aliphatic heterocycles. The van der Waals surface area contributed by atoms with E-state index in [9.17, 15) is 0 Å². The summed E-state index contributed by atoms with van der Waals surface area (Å²) in [5.41, 5.74) is 5.09. The van der Waals surface area contributed by atoms with Crippen molar-refractivity contribution >= 4 is 15.9 Å². The topological polar surface area (TPSA) is 25.2 Å². The van der Waals surface area contributed by atoms with Crippen LogP contribution in [0.5, 0.6) is 0 Å². The van der Waals surface area contributed by atoms with Crippen molar-refractivity contribution in [2.45, 2.75) is 26.8 Å². The van der Waals surface area contributed by atoms with E-state index in [-0.39, 0.29) is 6.04 Å². The highest BCUT2D eigenvalue weighted by molar-refractivity contribution is 9.10. The van der Waals surface area contributed by atoms with E-state index in [4.69, 9.17) is 4.42 Å². The molecule has 18 heavy (non-hydrogen) atoms. The molecular weight excluding hydrogens is 290 g/mol. The van der Waals surface area contributed by atoms with Crippen LogP contribution in [0, 0.1) is 13.8 Å². The first-order chi connectivity index (χ1) is 8.65. The van der Waals surface area contributed by atoms with E-state index in [1.165, 1.54) is 16.7 Å². The van der Waals surface area contributed by atoms with Crippen molar-refractivity contribution in [1.29, 1.82) is 0 Å². The monoisotopic (exact) mass is 307 g/mol. The van der Waals surface area contributed by atoms with Crippen molar-refractivity contribution in [3.05, 3.63) is 57.5 Å². The minimum absolute atomic E-state index is 0.169. The Hall–Kier alpha value is -1.06. The molecule has 1 atom stereocenters. The van der Waals surface area contributed by atoms with Crippen LogP contribution < -0.4 is 5.32 Å². The van der Waals surface area contributed by atoms with E-state index in [2.05, 4.69) is 60.2 Å². The number of rotatable bonds is 4. The van der Waals surface area contributed by atoms with Crippen molar-refractivity contribution in [2.75, 3.05) is 6.54 Å². The van der Waals surface area contributed by atoms with Gasteiger partial charge in [0.05, 0.1) is 12.3 Å². The van der Waals surface area contributed by atoms with Gasteiger partial charge in [-0.15, -0.1) is 0 Å². The van der Waals surface area contributed by atoms with Crippen molar-refractivity contribution in [3.63, 3.8) is 0 Å². The third kappa shape index (κ3) is 2.52. The quantitative estimate of drug-likeness (QED) is 0.908. The van der Waals surface area contributed by atoms with Crippen LogP contribution in [0.4, 0.5) is 0 Å². The first-order valence-corrected chi connectivity index (χ1v) is 6.96. The highest BCUT2D eigenvalue weighted by atomic mass is 79.9. The van der Waals surface area contributed by atoms with Gasteiger partial charge >= 0.3 is 0 Å². The normalized spacial score (nSPS) is 12.7. The molecule has 2 aromatic rings. The van der Waals surface area contributed by atoms with Gasteiger partial charge in [0.1, 0.15) is 0 Å². The number of nitrogens with one attached hydrogen (secondary N) is 1. The third-order valence-corrected chi connectivity index (χ3v) is 3.97. The smallest absolute Gasteiger partial charge is 0.174 e. The van der Waals surface area contributed by atoms with Gasteiger partial charge in [0.15, 0.2) is 4.67 Å². The van der Waals surface area contributed by atoms with Gasteiger partial charge in [0.25, 0.3) is 0 Å². The second kappa shape index (κ2) is 5.72. The van der Waals surface area contributed by atoms with Gasteiger partial charge in [-0.3, -0.25) is 0 Å². The number of aryl methyl sites for hydroxylation is 1. The highest BCUT2D eigenvalue weighted by Gasteiger charge is 2.19. The van der Waals surface area contributed by atoms with Gasteiger partial charge in [-0.2, -0.15) is 0 Å². The predicted octanol–water partition coefficient (Wildman–Crippen LogP) is 4.36. The van der Waals surface area contributed by atoms with Crippen LogP contribution in [0.25, 0.3) is 0 Å². The van der Waals surface area contributed by atoms with Crippen LogP contribution in [0.3, 0.4) is 0 Å². The summed E-state index contributed by atoms with van der Waals surface area (Å²) >= 11 is 3.47. The second-order valence-corrected chi connectivity index (χ2v) is 5.15. The Morgan fingerprint density at radius 2 is 2.00 bits per heavy atom. The lowest BCUT2D eigenvalue weighted by Crippen LogP contribution is -2.22. The van der Waals surface area contributed by atoms with E-state index in [0.29, 0.717) is 0 Å². The Morgan fingerprint density at radius 3 is 2.61 bits per heavy atom. The fourth-order valence-electron chi connectivity index (χ4n) is 2.19. The molecule has 0 spiro atoms. The van der Waals surface area contributed by atoms with Crippen molar-refractivity contribution in [1.82, 2.24) is 5.32 Å².